The number of nitrogens with one attached hydrogen (secondary N) is 1. The molecule has 1 aliphatic heterocycles. The first kappa shape index (κ1) is 18.4. The molecule has 3 rings (SSSR count). The summed E-state index contributed by atoms with van der Waals surface area (Å²) in [7, 11) is -2.97. The van der Waals surface area contributed by atoms with Crippen molar-refractivity contribution in [3.05, 3.63) is 49.1 Å². The van der Waals surface area contributed by atoms with E-state index >= 15 is 0 Å². The number of hydrogen-bond donors (Lipinski definition) is 1. The molecule has 1 fully saturated rings. The molecule has 1 aromatic carbocycles. The van der Waals surface area contributed by atoms with Crippen molar-refractivity contribution in [3.63, 3.8) is 0 Å². The summed E-state index contributed by atoms with van der Waals surface area (Å²) in [5, 5.41) is 3.22. The van der Waals surface area contributed by atoms with Crippen molar-refractivity contribution >= 4 is 21.6 Å². The van der Waals surface area contributed by atoms with Crippen LogP contribution in [0.25, 0.3) is 11.3 Å². The van der Waals surface area contributed by atoms with Crippen molar-refractivity contribution in [3.8, 4) is 11.3 Å². The van der Waals surface area contributed by atoms with Crippen LogP contribution in [-0.2, 0) is 9.84 Å². The maximum absolute atomic E-state index is 11.9. The molecule has 0 spiro atoms. The predicted molar refractivity (Wildman–Crippen MR) is 106 cm³/mol. The summed E-state index contributed by atoms with van der Waals surface area (Å²) >= 11 is 0. The third-order valence-electron chi connectivity index (χ3n) is 4.46. The zero-order valence-electron chi connectivity index (χ0n) is 14.9. The van der Waals surface area contributed by atoms with Crippen LogP contribution in [0.2, 0.25) is 0 Å². The summed E-state index contributed by atoms with van der Waals surface area (Å²) in [4.78, 5) is 11.3. The van der Waals surface area contributed by atoms with Gasteiger partial charge in [0.1, 0.15) is 5.82 Å². The SMILES string of the molecule is C=CCNc1cc(-c2ccccc2)nc(N(CC)C2CCS(=O)(=O)C2)n1. The molecule has 1 unspecified atom stereocenters. The van der Waals surface area contributed by atoms with Gasteiger partial charge in [-0.15, -0.1) is 6.58 Å². The van der Waals surface area contributed by atoms with Gasteiger partial charge in [0, 0.05) is 30.8 Å². The normalized spacial score (nSPS) is 18.4. The number of benzene rings is 1. The largest absolute Gasteiger partial charge is 0.366 e. The molecule has 2 aromatic rings. The molecular weight excluding hydrogens is 348 g/mol. The lowest BCUT2D eigenvalue weighted by Gasteiger charge is -2.27. The van der Waals surface area contributed by atoms with Crippen molar-refractivity contribution in [1.82, 2.24) is 9.97 Å². The number of sulfone groups is 1. The maximum Gasteiger partial charge on any atom is 0.228 e. The Morgan fingerprint density at radius 3 is 2.69 bits per heavy atom. The highest BCUT2D eigenvalue weighted by molar-refractivity contribution is 7.91. The van der Waals surface area contributed by atoms with Gasteiger partial charge in [-0.05, 0) is 13.3 Å². The van der Waals surface area contributed by atoms with Crippen LogP contribution >= 0.6 is 0 Å². The smallest absolute Gasteiger partial charge is 0.228 e. The minimum Gasteiger partial charge on any atom is -0.366 e. The predicted octanol–water partition coefficient (Wildman–Crippen LogP) is 2.75. The number of anilines is 2. The Morgan fingerprint density at radius 1 is 1.31 bits per heavy atom. The average molecular weight is 372 g/mol. The van der Waals surface area contributed by atoms with Crippen molar-refractivity contribution in [2.45, 2.75) is 19.4 Å². The Kier molecular flexibility index (Phi) is 5.56. The van der Waals surface area contributed by atoms with Crippen molar-refractivity contribution in [1.29, 1.82) is 0 Å². The third-order valence-corrected chi connectivity index (χ3v) is 6.21. The lowest BCUT2D eigenvalue weighted by molar-refractivity contribution is 0.599. The molecule has 0 saturated carbocycles. The zero-order valence-corrected chi connectivity index (χ0v) is 15.7. The molecule has 6 nitrogen and oxygen atoms in total. The fourth-order valence-corrected chi connectivity index (χ4v) is 4.90. The van der Waals surface area contributed by atoms with Crippen molar-refractivity contribution < 1.29 is 8.42 Å². The molecule has 0 amide bonds. The Balaban J connectivity index is 2.00. The van der Waals surface area contributed by atoms with E-state index in [-0.39, 0.29) is 17.5 Å². The van der Waals surface area contributed by atoms with E-state index in [9.17, 15) is 8.42 Å². The van der Waals surface area contributed by atoms with Crippen LogP contribution in [0, 0.1) is 0 Å². The molecule has 1 atom stereocenters. The van der Waals surface area contributed by atoms with Crippen molar-refractivity contribution in [2.24, 2.45) is 0 Å². The summed E-state index contributed by atoms with van der Waals surface area (Å²) in [5.41, 5.74) is 1.80. The highest BCUT2D eigenvalue weighted by Gasteiger charge is 2.33. The number of rotatable bonds is 7. The highest BCUT2D eigenvalue weighted by Crippen LogP contribution is 2.26. The standard InChI is InChI=1S/C19H24N4O2S/c1-3-11-20-18-13-17(15-8-6-5-7-9-15)21-19(22-18)23(4-2)16-10-12-26(24,25)14-16/h3,5-9,13,16H,1,4,10-12,14H2,2H3,(H,20,21,22). The molecule has 1 saturated heterocycles. The number of aromatic nitrogens is 2. The van der Waals surface area contributed by atoms with Gasteiger partial charge in [0.05, 0.1) is 17.2 Å². The Morgan fingerprint density at radius 2 is 2.08 bits per heavy atom. The van der Waals surface area contributed by atoms with Crippen LogP contribution < -0.4 is 10.2 Å². The fourth-order valence-electron chi connectivity index (χ4n) is 3.17. The minimum atomic E-state index is -2.97. The highest BCUT2D eigenvalue weighted by atomic mass is 32.2. The minimum absolute atomic E-state index is 0.0803. The summed E-state index contributed by atoms with van der Waals surface area (Å²) in [6, 6.07) is 11.7. The van der Waals surface area contributed by atoms with Gasteiger partial charge in [-0.2, -0.15) is 4.98 Å². The molecule has 0 bridgehead atoms. The van der Waals surface area contributed by atoms with Crippen LogP contribution in [0.15, 0.2) is 49.1 Å². The first-order valence-electron chi connectivity index (χ1n) is 8.78. The quantitative estimate of drug-likeness (QED) is 0.753. The van der Waals surface area contributed by atoms with E-state index in [1.165, 1.54) is 0 Å². The number of hydrogen-bond acceptors (Lipinski definition) is 6. The van der Waals surface area contributed by atoms with Gasteiger partial charge >= 0.3 is 0 Å². The molecule has 1 aliphatic rings. The Labute approximate surface area is 154 Å². The topological polar surface area (TPSA) is 75.2 Å². The van der Waals surface area contributed by atoms with Gasteiger partial charge in [-0.3, -0.25) is 0 Å². The van der Waals surface area contributed by atoms with Gasteiger partial charge < -0.3 is 10.2 Å². The first-order chi connectivity index (χ1) is 12.5. The van der Waals surface area contributed by atoms with Gasteiger partial charge in [-0.25, -0.2) is 13.4 Å². The summed E-state index contributed by atoms with van der Waals surface area (Å²) < 4.78 is 23.8. The second-order valence-electron chi connectivity index (χ2n) is 6.32. The second-order valence-corrected chi connectivity index (χ2v) is 8.55. The van der Waals surface area contributed by atoms with E-state index in [0.717, 1.165) is 11.3 Å². The molecule has 0 radical (unpaired) electrons. The van der Waals surface area contributed by atoms with Crippen LogP contribution in [-0.4, -0.2) is 49.0 Å². The summed E-state index contributed by atoms with van der Waals surface area (Å²) in [6.07, 6.45) is 2.38. The van der Waals surface area contributed by atoms with E-state index in [0.29, 0.717) is 31.3 Å². The summed E-state index contributed by atoms with van der Waals surface area (Å²) in [5.74, 6) is 1.65. The molecule has 0 aliphatic carbocycles. The zero-order chi connectivity index (χ0) is 18.6. The van der Waals surface area contributed by atoms with Gasteiger partial charge in [-0.1, -0.05) is 36.4 Å². The third kappa shape index (κ3) is 4.22. The molecule has 1 aromatic heterocycles. The van der Waals surface area contributed by atoms with E-state index < -0.39 is 9.84 Å². The fraction of sp³-hybridized carbons (Fsp3) is 0.368. The van der Waals surface area contributed by atoms with Gasteiger partial charge in [0.25, 0.3) is 0 Å². The van der Waals surface area contributed by atoms with Crippen LogP contribution in [0.4, 0.5) is 11.8 Å². The van der Waals surface area contributed by atoms with E-state index in [2.05, 4.69) is 16.9 Å². The van der Waals surface area contributed by atoms with E-state index in [1.54, 1.807) is 6.08 Å². The average Bonchev–Trinajstić information content (AvgIpc) is 3.01. The van der Waals surface area contributed by atoms with Crippen LogP contribution in [0.3, 0.4) is 0 Å². The van der Waals surface area contributed by atoms with Crippen LogP contribution in [0.1, 0.15) is 13.3 Å². The lowest BCUT2D eigenvalue weighted by atomic mass is 10.1. The molecule has 2 heterocycles. The molecular formula is C19H24N4O2S. The molecule has 138 valence electrons. The maximum atomic E-state index is 11.9. The van der Waals surface area contributed by atoms with Gasteiger partial charge in [0.15, 0.2) is 9.84 Å². The second kappa shape index (κ2) is 7.86. The van der Waals surface area contributed by atoms with E-state index in [4.69, 9.17) is 4.98 Å². The molecule has 1 N–H and O–H groups in total. The lowest BCUT2D eigenvalue weighted by Crippen LogP contribution is -2.37. The molecule has 7 heteroatoms. The Bertz CT molecular complexity index is 868. The van der Waals surface area contributed by atoms with Crippen LogP contribution in [0.5, 0.6) is 0 Å². The van der Waals surface area contributed by atoms with E-state index in [1.807, 2.05) is 48.2 Å². The number of nitrogens with zero attached hydrogens (tertiary/aromatic N) is 3. The summed E-state index contributed by atoms with van der Waals surface area (Å²) in [6.45, 7) is 6.97. The van der Waals surface area contributed by atoms with Crippen molar-refractivity contribution in [2.75, 3.05) is 34.8 Å². The Hall–Kier alpha value is -2.41. The monoisotopic (exact) mass is 372 g/mol. The molecule has 26 heavy (non-hydrogen) atoms. The van der Waals surface area contributed by atoms with Gasteiger partial charge in [0.2, 0.25) is 5.95 Å². The first-order valence-corrected chi connectivity index (χ1v) is 10.6.